The van der Waals surface area contributed by atoms with Gasteiger partial charge in [0.25, 0.3) is 5.91 Å². The van der Waals surface area contributed by atoms with E-state index in [1.54, 1.807) is 11.0 Å². The van der Waals surface area contributed by atoms with Gasteiger partial charge in [-0.2, -0.15) is 11.8 Å². The third-order valence-corrected chi connectivity index (χ3v) is 3.92. The monoisotopic (exact) mass is 252 g/mol. The first-order chi connectivity index (χ1) is 8.08. The van der Waals surface area contributed by atoms with Crippen molar-refractivity contribution in [1.82, 2.24) is 9.88 Å². The molecule has 92 valence electrons. The number of hydrogen-bond donors (Lipinski definition) is 1. The molecule has 1 aliphatic rings. The zero-order valence-corrected chi connectivity index (χ0v) is 10.8. The van der Waals surface area contributed by atoms with Gasteiger partial charge in [0.2, 0.25) is 0 Å². The molecule has 1 N–H and O–H groups in total. The van der Waals surface area contributed by atoms with Crippen molar-refractivity contribution in [3.8, 4) is 5.75 Å². The second-order valence-electron chi connectivity index (χ2n) is 4.34. The molecule has 2 unspecified atom stereocenters. The van der Waals surface area contributed by atoms with Gasteiger partial charge in [0.1, 0.15) is 5.75 Å². The first-order valence-electron chi connectivity index (χ1n) is 5.66. The van der Waals surface area contributed by atoms with Crippen LogP contribution in [0.25, 0.3) is 0 Å². The number of pyridine rings is 1. The highest BCUT2D eigenvalue weighted by Gasteiger charge is 2.28. The summed E-state index contributed by atoms with van der Waals surface area (Å²) >= 11 is 1.88. The van der Waals surface area contributed by atoms with Gasteiger partial charge >= 0.3 is 0 Å². The van der Waals surface area contributed by atoms with E-state index < -0.39 is 0 Å². The molecule has 2 rings (SSSR count). The second-order valence-corrected chi connectivity index (χ2v) is 6.22. The Labute approximate surface area is 105 Å². The lowest BCUT2D eigenvalue weighted by molar-refractivity contribution is 0.0744. The van der Waals surface area contributed by atoms with Crippen LogP contribution in [-0.4, -0.2) is 44.5 Å². The summed E-state index contributed by atoms with van der Waals surface area (Å²) in [7, 11) is 0. The minimum absolute atomic E-state index is 0.0453. The van der Waals surface area contributed by atoms with Gasteiger partial charge in [-0.25, -0.2) is 4.98 Å². The van der Waals surface area contributed by atoms with Gasteiger partial charge in [-0.1, -0.05) is 13.8 Å². The van der Waals surface area contributed by atoms with E-state index in [1.165, 1.54) is 12.3 Å². The van der Waals surface area contributed by atoms with Crippen LogP contribution >= 0.6 is 11.8 Å². The number of aromatic hydroxyl groups is 1. The van der Waals surface area contributed by atoms with Crippen molar-refractivity contribution in [3.05, 3.63) is 24.0 Å². The SMILES string of the molecule is CC1CN(C(=O)c2ncccc2O)CC(C)S1. The maximum absolute atomic E-state index is 12.2. The van der Waals surface area contributed by atoms with Crippen molar-refractivity contribution >= 4 is 17.7 Å². The minimum Gasteiger partial charge on any atom is -0.505 e. The van der Waals surface area contributed by atoms with E-state index in [-0.39, 0.29) is 17.4 Å². The number of hydrogen-bond acceptors (Lipinski definition) is 4. The lowest BCUT2D eigenvalue weighted by Crippen LogP contribution is -2.44. The zero-order chi connectivity index (χ0) is 12.4. The van der Waals surface area contributed by atoms with E-state index in [0.29, 0.717) is 23.6 Å². The Morgan fingerprint density at radius 3 is 2.71 bits per heavy atom. The van der Waals surface area contributed by atoms with Crippen LogP contribution in [0.4, 0.5) is 0 Å². The topological polar surface area (TPSA) is 53.4 Å². The molecule has 0 radical (unpaired) electrons. The number of thioether (sulfide) groups is 1. The fourth-order valence-electron chi connectivity index (χ4n) is 2.06. The summed E-state index contributed by atoms with van der Waals surface area (Å²) in [6.45, 7) is 5.64. The molecule has 0 spiro atoms. The van der Waals surface area contributed by atoms with Crippen molar-refractivity contribution < 1.29 is 9.90 Å². The van der Waals surface area contributed by atoms with Crippen LogP contribution in [0.5, 0.6) is 5.75 Å². The predicted molar refractivity (Wildman–Crippen MR) is 68.3 cm³/mol. The molecule has 1 aromatic rings. The summed E-state index contributed by atoms with van der Waals surface area (Å²) in [5.41, 5.74) is 0.152. The summed E-state index contributed by atoms with van der Waals surface area (Å²) in [4.78, 5) is 17.9. The first-order valence-corrected chi connectivity index (χ1v) is 6.61. The fraction of sp³-hybridized carbons (Fsp3) is 0.500. The van der Waals surface area contributed by atoms with Crippen LogP contribution in [0.3, 0.4) is 0 Å². The fourth-order valence-corrected chi connectivity index (χ4v) is 3.38. The van der Waals surface area contributed by atoms with Crippen molar-refractivity contribution in [2.75, 3.05) is 13.1 Å². The Hall–Kier alpha value is -1.23. The van der Waals surface area contributed by atoms with E-state index in [1.807, 2.05) is 11.8 Å². The molecule has 17 heavy (non-hydrogen) atoms. The van der Waals surface area contributed by atoms with Crippen LogP contribution in [0.1, 0.15) is 24.3 Å². The molecular formula is C12H16N2O2S. The average Bonchev–Trinajstić information content (AvgIpc) is 2.27. The zero-order valence-electron chi connectivity index (χ0n) is 9.96. The Kier molecular flexibility index (Phi) is 3.57. The normalized spacial score (nSPS) is 24.7. The number of amides is 1. The molecule has 1 aliphatic heterocycles. The number of nitrogens with zero attached hydrogens (tertiary/aromatic N) is 2. The lowest BCUT2D eigenvalue weighted by atomic mass is 10.2. The molecule has 4 nitrogen and oxygen atoms in total. The van der Waals surface area contributed by atoms with Crippen LogP contribution < -0.4 is 0 Å². The Morgan fingerprint density at radius 1 is 1.47 bits per heavy atom. The molecule has 0 aromatic carbocycles. The highest BCUT2D eigenvalue weighted by Crippen LogP contribution is 2.26. The van der Waals surface area contributed by atoms with Crippen LogP contribution in [0.15, 0.2) is 18.3 Å². The second kappa shape index (κ2) is 4.96. The largest absolute Gasteiger partial charge is 0.505 e. The molecule has 1 fully saturated rings. The van der Waals surface area contributed by atoms with Crippen LogP contribution in [-0.2, 0) is 0 Å². The third kappa shape index (κ3) is 2.72. The van der Waals surface area contributed by atoms with E-state index >= 15 is 0 Å². The highest BCUT2D eigenvalue weighted by atomic mass is 32.2. The summed E-state index contributed by atoms with van der Waals surface area (Å²) in [6.07, 6.45) is 1.53. The minimum atomic E-state index is -0.179. The standard InChI is InChI=1S/C12H16N2O2S/c1-8-6-14(7-9(2)17-8)12(16)11-10(15)4-3-5-13-11/h3-5,8-9,15H,6-7H2,1-2H3. The van der Waals surface area contributed by atoms with Crippen LogP contribution in [0, 0.1) is 0 Å². The number of aromatic nitrogens is 1. The van der Waals surface area contributed by atoms with Gasteiger partial charge in [0.15, 0.2) is 5.69 Å². The van der Waals surface area contributed by atoms with Gasteiger partial charge < -0.3 is 10.0 Å². The summed E-state index contributed by atoms with van der Waals surface area (Å²) in [5.74, 6) is -0.224. The highest BCUT2D eigenvalue weighted by molar-refractivity contribution is 8.00. The average molecular weight is 252 g/mol. The Morgan fingerprint density at radius 2 is 2.12 bits per heavy atom. The van der Waals surface area contributed by atoms with Crippen molar-refractivity contribution in [1.29, 1.82) is 0 Å². The molecule has 2 atom stereocenters. The molecule has 5 heteroatoms. The predicted octanol–water partition coefficient (Wildman–Crippen LogP) is 1.75. The molecule has 0 bridgehead atoms. The summed E-state index contributed by atoms with van der Waals surface area (Å²) in [6, 6.07) is 3.11. The van der Waals surface area contributed by atoms with Gasteiger partial charge in [-0.15, -0.1) is 0 Å². The summed E-state index contributed by atoms with van der Waals surface area (Å²) < 4.78 is 0. The van der Waals surface area contributed by atoms with Gasteiger partial charge in [-0.3, -0.25) is 4.79 Å². The van der Waals surface area contributed by atoms with E-state index in [2.05, 4.69) is 18.8 Å². The van der Waals surface area contributed by atoms with Gasteiger partial charge in [0, 0.05) is 29.8 Å². The molecule has 0 aliphatic carbocycles. The van der Waals surface area contributed by atoms with Crippen LogP contribution in [0.2, 0.25) is 0 Å². The molecule has 1 saturated heterocycles. The van der Waals surface area contributed by atoms with Gasteiger partial charge in [-0.05, 0) is 12.1 Å². The van der Waals surface area contributed by atoms with E-state index in [0.717, 1.165) is 0 Å². The third-order valence-electron chi connectivity index (χ3n) is 2.70. The molecule has 1 aromatic heterocycles. The first kappa shape index (κ1) is 12.2. The summed E-state index contributed by atoms with van der Waals surface area (Å²) in [5, 5.41) is 10.5. The van der Waals surface area contributed by atoms with E-state index in [4.69, 9.17) is 0 Å². The lowest BCUT2D eigenvalue weighted by Gasteiger charge is -2.34. The van der Waals surface area contributed by atoms with Crippen molar-refractivity contribution in [2.24, 2.45) is 0 Å². The Balaban J connectivity index is 2.17. The Bertz CT molecular complexity index is 415. The smallest absolute Gasteiger partial charge is 0.276 e. The number of carbonyl (C=O) groups is 1. The quantitative estimate of drug-likeness (QED) is 0.827. The maximum atomic E-state index is 12.2. The van der Waals surface area contributed by atoms with Crippen molar-refractivity contribution in [2.45, 2.75) is 24.3 Å². The molecule has 1 amide bonds. The van der Waals surface area contributed by atoms with Gasteiger partial charge in [0.05, 0.1) is 0 Å². The van der Waals surface area contributed by atoms with E-state index in [9.17, 15) is 9.90 Å². The number of carbonyl (C=O) groups excluding carboxylic acids is 1. The van der Waals surface area contributed by atoms with Crippen molar-refractivity contribution in [3.63, 3.8) is 0 Å². The molecule has 0 saturated carbocycles. The number of rotatable bonds is 1. The molecule has 2 heterocycles. The maximum Gasteiger partial charge on any atom is 0.276 e. The molecular weight excluding hydrogens is 236 g/mol.